The van der Waals surface area contributed by atoms with E-state index in [0.29, 0.717) is 25.3 Å². The van der Waals surface area contributed by atoms with Crippen LogP contribution in [0.4, 0.5) is 0 Å². The number of rotatable bonds is 6. The number of nitrogens with one attached hydrogen (secondary N) is 1. The number of carbonyl (C=O) groups is 2. The van der Waals surface area contributed by atoms with Crippen LogP contribution in [0.15, 0.2) is 0 Å². The Bertz CT molecular complexity index is 361. The Hall–Kier alpha value is -1.06. The fourth-order valence-electron chi connectivity index (χ4n) is 2.95. The second kappa shape index (κ2) is 6.59. The molecular formula is C16H30N2O2. The van der Waals surface area contributed by atoms with Gasteiger partial charge in [-0.05, 0) is 24.7 Å². The van der Waals surface area contributed by atoms with Crippen molar-refractivity contribution in [1.29, 1.82) is 0 Å². The smallest absolute Gasteiger partial charge is 0.246 e. The Morgan fingerprint density at radius 1 is 1.15 bits per heavy atom. The van der Waals surface area contributed by atoms with Gasteiger partial charge in [0, 0.05) is 6.54 Å². The molecule has 1 N–H and O–H groups in total. The number of nitrogens with zero attached hydrogens (tertiary/aromatic N) is 1. The molecule has 0 radical (unpaired) electrons. The van der Waals surface area contributed by atoms with Gasteiger partial charge in [-0.25, -0.2) is 0 Å². The van der Waals surface area contributed by atoms with E-state index < -0.39 is 5.54 Å². The van der Waals surface area contributed by atoms with Crippen LogP contribution >= 0.6 is 0 Å². The molecule has 0 saturated carbocycles. The minimum Gasteiger partial charge on any atom is -0.342 e. The van der Waals surface area contributed by atoms with Crippen molar-refractivity contribution in [3.8, 4) is 0 Å². The van der Waals surface area contributed by atoms with Crippen LogP contribution in [0.25, 0.3) is 0 Å². The van der Waals surface area contributed by atoms with Crippen LogP contribution in [-0.4, -0.2) is 34.8 Å². The van der Waals surface area contributed by atoms with Gasteiger partial charge in [-0.15, -0.1) is 0 Å². The number of hydrogen-bond acceptors (Lipinski definition) is 2. The quantitative estimate of drug-likeness (QED) is 0.814. The summed E-state index contributed by atoms with van der Waals surface area (Å²) in [7, 11) is 0. The van der Waals surface area contributed by atoms with Crippen LogP contribution in [0.3, 0.4) is 0 Å². The van der Waals surface area contributed by atoms with Gasteiger partial charge in [0.05, 0.1) is 0 Å². The first kappa shape index (κ1) is 17.0. The second-order valence-electron chi connectivity index (χ2n) is 6.40. The van der Waals surface area contributed by atoms with E-state index >= 15 is 0 Å². The molecule has 1 fully saturated rings. The summed E-state index contributed by atoms with van der Waals surface area (Å²) in [4.78, 5) is 27.3. The zero-order valence-electron chi connectivity index (χ0n) is 13.8. The molecule has 1 rings (SSSR count). The van der Waals surface area contributed by atoms with Crippen molar-refractivity contribution in [3.63, 3.8) is 0 Å². The van der Waals surface area contributed by atoms with Crippen molar-refractivity contribution in [1.82, 2.24) is 10.2 Å². The molecule has 0 aliphatic carbocycles. The van der Waals surface area contributed by atoms with Gasteiger partial charge < -0.3 is 10.2 Å². The molecule has 0 bridgehead atoms. The van der Waals surface area contributed by atoms with Gasteiger partial charge >= 0.3 is 0 Å². The first-order valence-electron chi connectivity index (χ1n) is 7.96. The Morgan fingerprint density at radius 3 is 2.10 bits per heavy atom. The molecule has 0 aromatic rings. The Balaban J connectivity index is 3.16. The average molecular weight is 282 g/mol. The Labute approximate surface area is 123 Å². The molecule has 2 atom stereocenters. The summed E-state index contributed by atoms with van der Waals surface area (Å²) in [6, 6.07) is -0.377. The molecule has 0 spiro atoms. The summed E-state index contributed by atoms with van der Waals surface area (Å²) in [5.41, 5.74) is -0.661. The largest absolute Gasteiger partial charge is 0.342 e. The average Bonchev–Trinajstić information content (AvgIpc) is 2.42. The van der Waals surface area contributed by atoms with Gasteiger partial charge in [-0.2, -0.15) is 0 Å². The minimum atomic E-state index is -0.661. The maximum atomic E-state index is 12.8. The molecule has 4 nitrogen and oxygen atoms in total. The summed E-state index contributed by atoms with van der Waals surface area (Å²) in [6.45, 7) is 12.9. The maximum absolute atomic E-state index is 12.8. The van der Waals surface area contributed by atoms with Crippen molar-refractivity contribution >= 4 is 11.8 Å². The van der Waals surface area contributed by atoms with Crippen molar-refractivity contribution in [2.45, 2.75) is 72.4 Å². The van der Waals surface area contributed by atoms with Gasteiger partial charge in [0.1, 0.15) is 11.6 Å². The number of hydrogen-bond donors (Lipinski definition) is 1. The van der Waals surface area contributed by atoms with E-state index in [9.17, 15) is 9.59 Å². The van der Waals surface area contributed by atoms with Gasteiger partial charge in [-0.3, -0.25) is 9.59 Å². The van der Waals surface area contributed by atoms with Crippen molar-refractivity contribution in [2.75, 3.05) is 6.54 Å². The van der Waals surface area contributed by atoms with Crippen LogP contribution in [-0.2, 0) is 9.59 Å². The highest BCUT2D eigenvalue weighted by Gasteiger charge is 2.50. The van der Waals surface area contributed by atoms with Crippen molar-refractivity contribution in [2.24, 2.45) is 11.8 Å². The zero-order chi connectivity index (χ0) is 15.5. The van der Waals surface area contributed by atoms with Gasteiger partial charge in [0.15, 0.2) is 0 Å². The third-order valence-corrected chi connectivity index (χ3v) is 4.79. The third kappa shape index (κ3) is 2.84. The fraction of sp³-hybridized carbons (Fsp3) is 0.875. The van der Waals surface area contributed by atoms with Crippen LogP contribution < -0.4 is 5.32 Å². The van der Waals surface area contributed by atoms with Crippen LogP contribution in [0.2, 0.25) is 0 Å². The molecular weight excluding hydrogens is 252 g/mol. The van der Waals surface area contributed by atoms with E-state index in [-0.39, 0.29) is 23.8 Å². The molecule has 0 aromatic carbocycles. The number of piperazine rings is 1. The summed E-state index contributed by atoms with van der Waals surface area (Å²) < 4.78 is 0. The highest BCUT2D eigenvalue weighted by Crippen LogP contribution is 2.31. The number of amides is 2. The Kier molecular flexibility index (Phi) is 5.60. The highest BCUT2D eigenvalue weighted by atomic mass is 16.2. The molecule has 2 unspecified atom stereocenters. The van der Waals surface area contributed by atoms with Gasteiger partial charge in [-0.1, -0.05) is 48.0 Å². The predicted molar refractivity (Wildman–Crippen MR) is 81.2 cm³/mol. The third-order valence-electron chi connectivity index (χ3n) is 4.79. The molecule has 116 valence electrons. The monoisotopic (exact) mass is 282 g/mol. The van der Waals surface area contributed by atoms with Crippen LogP contribution in [0.1, 0.15) is 60.8 Å². The van der Waals surface area contributed by atoms with E-state index in [1.54, 1.807) is 0 Å². The van der Waals surface area contributed by atoms with E-state index in [1.807, 2.05) is 32.6 Å². The SMILES string of the molecule is CCC(C)CN1C(=O)C(C(C)C)NC(=O)C1(CC)CC. The van der Waals surface area contributed by atoms with Crippen molar-refractivity contribution < 1.29 is 9.59 Å². The second-order valence-corrected chi connectivity index (χ2v) is 6.40. The van der Waals surface area contributed by atoms with E-state index in [1.165, 1.54) is 0 Å². The lowest BCUT2D eigenvalue weighted by Crippen LogP contribution is -2.71. The topological polar surface area (TPSA) is 49.4 Å². The summed E-state index contributed by atoms with van der Waals surface area (Å²) >= 11 is 0. The molecule has 4 heteroatoms. The fourth-order valence-corrected chi connectivity index (χ4v) is 2.95. The molecule has 1 aliphatic rings. The standard InChI is InChI=1S/C16H30N2O2/c1-7-12(6)10-18-14(19)13(11(4)5)17-15(20)16(18,8-2)9-3/h11-13H,7-10H2,1-6H3,(H,17,20). The molecule has 0 aromatic heterocycles. The molecule has 20 heavy (non-hydrogen) atoms. The summed E-state index contributed by atoms with van der Waals surface area (Å²) in [5.74, 6) is 0.639. The number of carbonyl (C=O) groups excluding carboxylic acids is 2. The summed E-state index contributed by atoms with van der Waals surface area (Å²) in [6.07, 6.45) is 2.35. The lowest BCUT2D eigenvalue weighted by atomic mass is 9.83. The molecule has 1 aliphatic heterocycles. The minimum absolute atomic E-state index is 0.0177. The van der Waals surface area contributed by atoms with Gasteiger partial charge in [0.2, 0.25) is 11.8 Å². The highest BCUT2D eigenvalue weighted by molar-refractivity contribution is 5.99. The predicted octanol–water partition coefficient (Wildman–Crippen LogP) is 2.57. The van der Waals surface area contributed by atoms with E-state index in [4.69, 9.17) is 0 Å². The van der Waals surface area contributed by atoms with Crippen LogP contribution in [0.5, 0.6) is 0 Å². The first-order valence-corrected chi connectivity index (χ1v) is 7.96. The Morgan fingerprint density at radius 2 is 1.70 bits per heavy atom. The molecule has 2 amide bonds. The van der Waals surface area contributed by atoms with Gasteiger partial charge in [0.25, 0.3) is 0 Å². The normalized spacial score (nSPS) is 23.9. The summed E-state index contributed by atoms with van der Waals surface area (Å²) in [5, 5.41) is 2.95. The zero-order valence-corrected chi connectivity index (χ0v) is 13.8. The van der Waals surface area contributed by atoms with E-state index in [2.05, 4.69) is 19.2 Å². The first-order chi connectivity index (χ1) is 9.33. The van der Waals surface area contributed by atoms with E-state index in [0.717, 1.165) is 6.42 Å². The van der Waals surface area contributed by atoms with Crippen molar-refractivity contribution in [3.05, 3.63) is 0 Å². The molecule has 1 saturated heterocycles. The van der Waals surface area contributed by atoms with Crippen LogP contribution in [0, 0.1) is 11.8 Å². The lowest BCUT2D eigenvalue weighted by Gasteiger charge is -2.49. The maximum Gasteiger partial charge on any atom is 0.246 e. The lowest BCUT2D eigenvalue weighted by molar-refractivity contribution is -0.160. The molecule has 1 heterocycles.